The molecule has 4 N–H and O–H groups in total. The standard InChI is InChI=1S/C11H14N2O2/c12-5-4-7-2-1-3-8-6-9(11(14)15)13-10(7)8/h1-3,6,8,10,13H,4-5,12H2,(H,14,15). The molecule has 0 fully saturated rings. The molecule has 0 aromatic rings. The van der Waals surface area contributed by atoms with Gasteiger partial charge >= 0.3 is 5.97 Å². The summed E-state index contributed by atoms with van der Waals surface area (Å²) in [5, 5.41) is 11.9. The van der Waals surface area contributed by atoms with E-state index < -0.39 is 5.97 Å². The third-order valence-electron chi connectivity index (χ3n) is 2.76. The number of nitrogens with two attached hydrogens (primary N) is 1. The van der Waals surface area contributed by atoms with Crippen molar-refractivity contribution in [2.45, 2.75) is 12.5 Å². The van der Waals surface area contributed by atoms with Crippen LogP contribution in [0.2, 0.25) is 0 Å². The highest BCUT2D eigenvalue weighted by Crippen LogP contribution is 2.28. The summed E-state index contributed by atoms with van der Waals surface area (Å²) in [6.07, 6.45) is 8.55. The molecule has 2 atom stereocenters. The fraction of sp³-hybridized carbons (Fsp3) is 0.364. The SMILES string of the molecule is NCCC1=CC=CC2C=C(C(=O)O)NC12. The Kier molecular flexibility index (Phi) is 2.60. The highest BCUT2D eigenvalue weighted by molar-refractivity contribution is 5.87. The van der Waals surface area contributed by atoms with Crippen molar-refractivity contribution in [3.63, 3.8) is 0 Å². The first kappa shape index (κ1) is 9.98. The van der Waals surface area contributed by atoms with Crippen molar-refractivity contribution < 1.29 is 9.90 Å². The number of rotatable bonds is 3. The molecule has 0 saturated heterocycles. The number of aliphatic carboxylic acids is 1. The second-order valence-electron chi connectivity index (χ2n) is 3.75. The van der Waals surface area contributed by atoms with Gasteiger partial charge in [-0.2, -0.15) is 0 Å². The Morgan fingerprint density at radius 3 is 3.07 bits per heavy atom. The second kappa shape index (κ2) is 3.90. The van der Waals surface area contributed by atoms with E-state index in [1.54, 1.807) is 6.08 Å². The van der Waals surface area contributed by atoms with Crippen LogP contribution in [0.3, 0.4) is 0 Å². The van der Waals surface area contributed by atoms with Crippen LogP contribution in [0.25, 0.3) is 0 Å². The van der Waals surface area contributed by atoms with Crippen molar-refractivity contribution in [1.29, 1.82) is 0 Å². The predicted octanol–water partition coefficient (Wildman–Crippen LogP) is 0.388. The van der Waals surface area contributed by atoms with Gasteiger partial charge in [0.05, 0.1) is 6.04 Å². The number of nitrogens with one attached hydrogen (secondary N) is 1. The number of carboxylic acid groups (broad SMARTS) is 1. The molecule has 1 aliphatic heterocycles. The third-order valence-corrected chi connectivity index (χ3v) is 2.76. The van der Waals surface area contributed by atoms with E-state index >= 15 is 0 Å². The Morgan fingerprint density at radius 2 is 2.40 bits per heavy atom. The van der Waals surface area contributed by atoms with Gasteiger partial charge in [-0.25, -0.2) is 4.79 Å². The monoisotopic (exact) mass is 206 g/mol. The molecular weight excluding hydrogens is 192 g/mol. The van der Waals surface area contributed by atoms with E-state index in [0.29, 0.717) is 12.2 Å². The van der Waals surface area contributed by atoms with Crippen molar-refractivity contribution in [2.24, 2.45) is 11.7 Å². The highest BCUT2D eigenvalue weighted by atomic mass is 16.4. The summed E-state index contributed by atoms with van der Waals surface area (Å²) in [6.45, 7) is 0.590. The first-order valence-electron chi connectivity index (χ1n) is 5.01. The first-order valence-corrected chi connectivity index (χ1v) is 5.01. The van der Waals surface area contributed by atoms with Crippen molar-refractivity contribution in [1.82, 2.24) is 5.32 Å². The van der Waals surface area contributed by atoms with E-state index in [4.69, 9.17) is 10.8 Å². The molecule has 1 aliphatic carbocycles. The lowest BCUT2D eigenvalue weighted by Gasteiger charge is -2.23. The quantitative estimate of drug-likeness (QED) is 0.624. The molecule has 4 nitrogen and oxygen atoms in total. The number of allylic oxidation sites excluding steroid dienone is 2. The Balaban J connectivity index is 2.16. The van der Waals surface area contributed by atoms with Crippen LogP contribution >= 0.6 is 0 Å². The fourth-order valence-corrected chi connectivity index (χ4v) is 2.06. The first-order chi connectivity index (χ1) is 7.22. The second-order valence-corrected chi connectivity index (χ2v) is 3.75. The van der Waals surface area contributed by atoms with Crippen LogP contribution in [-0.4, -0.2) is 23.7 Å². The summed E-state index contributed by atoms with van der Waals surface area (Å²) in [5.74, 6) is -0.743. The van der Waals surface area contributed by atoms with Gasteiger partial charge in [0.25, 0.3) is 0 Å². The third kappa shape index (κ3) is 1.80. The summed E-state index contributed by atoms with van der Waals surface area (Å²) in [7, 11) is 0. The molecule has 2 rings (SSSR count). The molecule has 2 unspecified atom stereocenters. The van der Waals surface area contributed by atoms with E-state index in [2.05, 4.69) is 5.32 Å². The maximum absolute atomic E-state index is 10.8. The molecule has 80 valence electrons. The number of hydrogen-bond acceptors (Lipinski definition) is 3. The van der Waals surface area contributed by atoms with E-state index in [1.165, 1.54) is 5.57 Å². The molecule has 0 saturated carbocycles. The lowest BCUT2D eigenvalue weighted by Crippen LogP contribution is -2.33. The number of carbonyl (C=O) groups is 1. The van der Waals surface area contributed by atoms with Gasteiger partial charge in [-0.15, -0.1) is 0 Å². The van der Waals surface area contributed by atoms with E-state index in [0.717, 1.165) is 6.42 Å². The molecular formula is C11H14N2O2. The zero-order valence-corrected chi connectivity index (χ0v) is 8.31. The molecule has 4 heteroatoms. The van der Waals surface area contributed by atoms with Gasteiger partial charge in [0.15, 0.2) is 0 Å². The van der Waals surface area contributed by atoms with E-state index in [9.17, 15) is 4.79 Å². The molecule has 0 spiro atoms. The van der Waals surface area contributed by atoms with Gasteiger partial charge in [-0.1, -0.05) is 18.2 Å². The summed E-state index contributed by atoms with van der Waals surface area (Å²) >= 11 is 0. The smallest absolute Gasteiger partial charge is 0.351 e. The van der Waals surface area contributed by atoms with Gasteiger partial charge in [0, 0.05) is 5.92 Å². The van der Waals surface area contributed by atoms with Crippen molar-refractivity contribution in [2.75, 3.05) is 6.54 Å². The molecule has 0 amide bonds. The highest BCUT2D eigenvalue weighted by Gasteiger charge is 2.31. The molecule has 0 aromatic carbocycles. The van der Waals surface area contributed by atoms with Gasteiger partial charge in [0.2, 0.25) is 0 Å². The Hall–Kier alpha value is -1.55. The lowest BCUT2D eigenvalue weighted by molar-refractivity contribution is -0.133. The minimum absolute atomic E-state index is 0.0876. The van der Waals surface area contributed by atoms with E-state index in [-0.39, 0.29) is 12.0 Å². The molecule has 1 heterocycles. The Bertz CT molecular complexity index is 369. The summed E-state index contributed by atoms with van der Waals surface area (Å²) in [6, 6.07) is 0.0876. The van der Waals surface area contributed by atoms with E-state index in [1.807, 2.05) is 18.2 Å². The number of carboxylic acids is 1. The number of fused-ring (bicyclic) bond motifs is 1. The van der Waals surface area contributed by atoms with Crippen LogP contribution in [0.15, 0.2) is 35.6 Å². The van der Waals surface area contributed by atoms with Crippen molar-refractivity contribution >= 4 is 5.97 Å². The van der Waals surface area contributed by atoms with Crippen LogP contribution in [0.5, 0.6) is 0 Å². The van der Waals surface area contributed by atoms with Crippen LogP contribution < -0.4 is 11.1 Å². The molecule has 15 heavy (non-hydrogen) atoms. The van der Waals surface area contributed by atoms with Crippen LogP contribution in [0.4, 0.5) is 0 Å². The normalized spacial score (nSPS) is 27.8. The lowest BCUT2D eigenvalue weighted by atomic mass is 9.89. The van der Waals surface area contributed by atoms with Gasteiger partial charge in [-0.3, -0.25) is 0 Å². The van der Waals surface area contributed by atoms with Crippen LogP contribution in [0.1, 0.15) is 6.42 Å². The van der Waals surface area contributed by atoms with Gasteiger partial charge in [0.1, 0.15) is 5.70 Å². The minimum atomic E-state index is -0.898. The summed E-state index contributed by atoms with van der Waals surface area (Å²) < 4.78 is 0. The van der Waals surface area contributed by atoms with Gasteiger partial charge < -0.3 is 16.2 Å². The maximum Gasteiger partial charge on any atom is 0.351 e. The Labute approximate surface area is 88.2 Å². The largest absolute Gasteiger partial charge is 0.477 e. The van der Waals surface area contributed by atoms with Crippen LogP contribution in [0, 0.1) is 5.92 Å². The molecule has 2 aliphatic rings. The average molecular weight is 206 g/mol. The zero-order chi connectivity index (χ0) is 10.8. The van der Waals surface area contributed by atoms with Crippen molar-refractivity contribution in [3.05, 3.63) is 35.6 Å². The topological polar surface area (TPSA) is 75.4 Å². The minimum Gasteiger partial charge on any atom is -0.477 e. The molecule has 0 radical (unpaired) electrons. The van der Waals surface area contributed by atoms with Crippen LogP contribution in [-0.2, 0) is 4.79 Å². The van der Waals surface area contributed by atoms with Gasteiger partial charge in [-0.05, 0) is 24.6 Å². The number of hydrogen-bond donors (Lipinski definition) is 3. The fourth-order valence-electron chi connectivity index (χ4n) is 2.06. The Morgan fingerprint density at radius 1 is 1.60 bits per heavy atom. The summed E-state index contributed by atoms with van der Waals surface area (Å²) in [5.41, 5.74) is 6.98. The molecule has 0 aromatic heterocycles. The average Bonchev–Trinajstić information content (AvgIpc) is 2.63. The maximum atomic E-state index is 10.8. The zero-order valence-electron chi connectivity index (χ0n) is 8.31. The summed E-state index contributed by atoms with van der Waals surface area (Å²) in [4.78, 5) is 10.8. The van der Waals surface area contributed by atoms with Crippen molar-refractivity contribution in [3.8, 4) is 0 Å². The predicted molar refractivity (Wildman–Crippen MR) is 57.0 cm³/mol. The molecule has 0 bridgehead atoms.